The van der Waals surface area contributed by atoms with Gasteiger partial charge in [-0.2, -0.15) is 0 Å². The molecule has 0 atom stereocenters. The zero-order chi connectivity index (χ0) is 4.83. The molecular formula is C3H9BrCuS2. The van der Waals surface area contributed by atoms with E-state index in [0.29, 0.717) is 0 Å². The standard InChI is InChI=1S/C2H6S.CH4S.BrH.Cu/c1-2-3;1-2;;/h3H,2H2,1H3;2H,1H3;1H;/q;;;+2/p-2. The van der Waals surface area contributed by atoms with E-state index in [1.165, 1.54) is 5.75 Å². The number of hydrogen-bond donors (Lipinski definition) is 0. The molecule has 0 aromatic rings. The molecule has 0 saturated carbocycles. The predicted octanol–water partition coefficient (Wildman–Crippen LogP) is 2.59. The van der Waals surface area contributed by atoms with Gasteiger partial charge in [-0.05, 0) is 0 Å². The van der Waals surface area contributed by atoms with Crippen LogP contribution in [0.2, 0.25) is 0 Å². The van der Waals surface area contributed by atoms with Crippen LogP contribution < -0.4 is 0 Å². The Bertz CT molecular complexity index is 24.9. The van der Waals surface area contributed by atoms with Crippen LogP contribution in [0.15, 0.2) is 0 Å². The maximum absolute atomic E-state index is 2.16. The van der Waals surface area contributed by atoms with Gasteiger partial charge in [0, 0.05) is 0 Å². The fourth-order valence-electron chi connectivity index (χ4n) is 0.0711. The van der Waals surface area contributed by atoms with Crippen LogP contribution in [-0.2, 0) is 12.7 Å². The number of rotatable bonds is 3. The fourth-order valence-corrected chi connectivity index (χ4v) is 2.64. The van der Waals surface area contributed by atoms with Crippen molar-refractivity contribution >= 4 is 37.3 Å². The molecule has 0 fully saturated rings. The molecule has 51 valence electrons. The SMILES string of the molecule is Br.CC[S][Cu][S]C. The summed E-state index contributed by atoms with van der Waals surface area (Å²) in [6, 6.07) is 0. The van der Waals surface area contributed by atoms with Crippen LogP contribution >= 0.6 is 37.3 Å². The quantitative estimate of drug-likeness (QED) is 0.559. The zero-order valence-corrected chi connectivity index (χ0v) is 8.52. The molecule has 0 amide bonds. The second kappa shape index (κ2) is 10.6. The topological polar surface area (TPSA) is 0 Å². The Morgan fingerprint density at radius 3 is 2.29 bits per heavy atom. The summed E-state index contributed by atoms with van der Waals surface area (Å²) in [7, 11) is 3.67. The van der Waals surface area contributed by atoms with E-state index in [9.17, 15) is 0 Å². The van der Waals surface area contributed by atoms with Crippen molar-refractivity contribution in [2.24, 2.45) is 0 Å². The normalized spacial score (nSPS) is 8.29. The molecule has 0 saturated heterocycles. The maximum atomic E-state index is 2.16. The molecule has 0 heterocycles. The van der Waals surface area contributed by atoms with Gasteiger partial charge in [0.25, 0.3) is 0 Å². The third kappa shape index (κ3) is 11.3. The molecule has 0 aromatic carbocycles. The van der Waals surface area contributed by atoms with E-state index in [4.69, 9.17) is 0 Å². The molecule has 7 heavy (non-hydrogen) atoms. The second-order valence-corrected chi connectivity index (χ2v) is 5.33. The predicted molar refractivity (Wildman–Crippen MR) is 42.0 cm³/mol. The molecule has 0 aromatic heterocycles. The summed E-state index contributed by atoms with van der Waals surface area (Å²) in [5, 5.41) is 0. The van der Waals surface area contributed by atoms with Gasteiger partial charge < -0.3 is 0 Å². The Labute approximate surface area is 68.6 Å². The van der Waals surface area contributed by atoms with Crippen LogP contribution in [0.25, 0.3) is 0 Å². The summed E-state index contributed by atoms with van der Waals surface area (Å²) in [6.07, 6.45) is 2.09. The first kappa shape index (κ1) is 11.5. The van der Waals surface area contributed by atoms with E-state index in [2.05, 4.69) is 13.2 Å². The molecular weight excluding hydrogens is 244 g/mol. The Morgan fingerprint density at radius 2 is 2.14 bits per heavy atom. The molecule has 0 aliphatic carbocycles. The number of halogens is 1. The van der Waals surface area contributed by atoms with Gasteiger partial charge in [0.15, 0.2) is 0 Å². The van der Waals surface area contributed by atoms with Crippen molar-refractivity contribution in [2.45, 2.75) is 6.92 Å². The summed E-state index contributed by atoms with van der Waals surface area (Å²) >= 11 is 1.92. The zero-order valence-electron chi connectivity index (χ0n) is 4.23. The monoisotopic (exact) mass is 251 g/mol. The first-order valence-corrected chi connectivity index (χ1v) is 5.84. The molecule has 0 bridgehead atoms. The van der Waals surface area contributed by atoms with Gasteiger partial charge in [0.1, 0.15) is 0 Å². The van der Waals surface area contributed by atoms with Gasteiger partial charge in [-0.1, -0.05) is 0 Å². The average molecular weight is 253 g/mol. The summed E-state index contributed by atoms with van der Waals surface area (Å²) in [6.45, 7) is 2.16. The van der Waals surface area contributed by atoms with E-state index in [0.717, 1.165) is 0 Å². The van der Waals surface area contributed by atoms with Crippen molar-refractivity contribution < 1.29 is 12.7 Å². The van der Waals surface area contributed by atoms with Crippen molar-refractivity contribution in [3.8, 4) is 0 Å². The Hall–Kier alpha value is 1.70. The Morgan fingerprint density at radius 1 is 1.57 bits per heavy atom. The molecule has 0 N–H and O–H groups in total. The van der Waals surface area contributed by atoms with Crippen LogP contribution in [0.3, 0.4) is 0 Å². The van der Waals surface area contributed by atoms with E-state index < -0.39 is 0 Å². The van der Waals surface area contributed by atoms with Gasteiger partial charge in [-0.25, -0.2) is 0 Å². The molecule has 0 spiro atoms. The van der Waals surface area contributed by atoms with Crippen LogP contribution in [0, 0.1) is 0 Å². The minimum atomic E-state index is 0. The molecule has 4 heteroatoms. The van der Waals surface area contributed by atoms with Crippen molar-refractivity contribution in [3.63, 3.8) is 0 Å². The van der Waals surface area contributed by atoms with E-state index in [1.807, 2.05) is 22.9 Å². The van der Waals surface area contributed by atoms with Crippen molar-refractivity contribution in [1.29, 1.82) is 0 Å². The molecule has 0 radical (unpaired) electrons. The molecule has 0 unspecified atom stereocenters. The van der Waals surface area contributed by atoms with E-state index >= 15 is 0 Å². The molecule has 0 aliphatic heterocycles. The van der Waals surface area contributed by atoms with Crippen molar-refractivity contribution in [1.82, 2.24) is 0 Å². The van der Waals surface area contributed by atoms with Crippen LogP contribution in [0.1, 0.15) is 6.92 Å². The summed E-state index contributed by atoms with van der Waals surface area (Å²) in [5.74, 6) is 1.21. The van der Waals surface area contributed by atoms with Gasteiger partial charge in [-0.3, -0.25) is 0 Å². The van der Waals surface area contributed by atoms with Gasteiger partial charge in [0.05, 0.1) is 0 Å². The summed E-state index contributed by atoms with van der Waals surface area (Å²) in [5.41, 5.74) is 0. The number of hydrogen-bond acceptors (Lipinski definition) is 2. The van der Waals surface area contributed by atoms with E-state index in [1.54, 1.807) is 10.2 Å². The molecule has 0 nitrogen and oxygen atoms in total. The fraction of sp³-hybridized carbons (Fsp3) is 1.00. The second-order valence-electron chi connectivity index (χ2n) is 0.549. The minimum absolute atomic E-state index is 0. The first-order valence-electron chi connectivity index (χ1n) is 1.65. The molecule has 0 rings (SSSR count). The Kier molecular flexibility index (Phi) is 17.5. The van der Waals surface area contributed by atoms with Crippen molar-refractivity contribution in [3.05, 3.63) is 0 Å². The van der Waals surface area contributed by atoms with Crippen LogP contribution in [0.4, 0.5) is 0 Å². The Balaban J connectivity index is 0. The van der Waals surface area contributed by atoms with E-state index in [-0.39, 0.29) is 17.0 Å². The van der Waals surface area contributed by atoms with Crippen LogP contribution in [-0.4, -0.2) is 12.0 Å². The third-order valence-corrected chi connectivity index (χ3v) is 4.26. The van der Waals surface area contributed by atoms with Gasteiger partial charge in [0.2, 0.25) is 0 Å². The van der Waals surface area contributed by atoms with Gasteiger partial charge >= 0.3 is 52.0 Å². The third-order valence-electron chi connectivity index (χ3n) is 0.173. The molecule has 0 aliphatic rings. The first-order chi connectivity index (χ1) is 2.91. The summed E-state index contributed by atoms with van der Waals surface area (Å²) in [4.78, 5) is 0. The van der Waals surface area contributed by atoms with Gasteiger partial charge in [-0.15, -0.1) is 17.0 Å². The van der Waals surface area contributed by atoms with Crippen LogP contribution in [0.5, 0.6) is 0 Å². The average Bonchev–Trinajstić information content (AvgIpc) is 1.61. The van der Waals surface area contributed by atoms with Crippen molar-refractivity contribution in [2.75, 3.05) is 12.0 Å². The summed E-state index contributed by atoms with van der Waals surface area (Å²) < 4.78 is 0.